The van der Waals surface area contributed by atoms with Crippen LogP contribution in [0.15, 0.2) is 18.2 Å². The van der Waals surface area contributed by atoms with E-state index in [2.05, 4.69) is 9.80 Å². The van der Waals surface area contributed by atoms with Crippen LogP contribution in [0.2, 0.25) is 0 Å². The largest absolute Gasteiger partial charge is 0.497 e. The first-order chi connectivity index (χ1) is 12.2. The third kappa shape index (κ3) is 4.66. The van der Waals surface area contributed by atoms with Crippen molar-refractivity contribution in [1.82, 2.24) is 9.80 Å². The van der Waals surface area contributed by atoms with Crippen LogP contribution in [0.1, 0.15) is 43.8 Å². The molecular formula is C20H32N2O3. The normalized spacial score (nSPS) is 21.9. The average molecular weight is 348 g/mol. The topological polar surface area (TPSA) is 45.2 Å². The Hall–Kier alpha value is -1.30. The Bertz CT molecular complexity index is 538. The smallest absolute Gasteiger partial charge is 0.124 e. The number of hydrogen-bond acceptors (Lipinski definition) is 5. The second kappa shape index (κ2) is 8.88. The minimum absolute atomic E-state index is 0.564. The lowest BCUT2D eigenvalue weighted by atomic mass is 9.94. The summed E-state index contributed by atoms with van der Waals surface area (Å²) in [6, 6.07) is 6.39. The summed E-state index contributed by atoms with van der Waals surface area (Å²) in [7, 11) is 3.28. The van der Waals surface area contributed by atoms with E-state index in [1.807, 2.05) is 18.2 Å². The van der Waals surface area contributed by atoms with Gasteiger partial charge in [-0.1, -0.05) is 19.3 Å². The van der Waals surface area contributed by atoms with E-state index >= 15 is 0 Å². The first-order valence-corrected chi connectivity index (χ1v) is 9.57. The number of hydrogen-bond donors (Lipinski definition) is 1. The maximum Gasteiger partial charge on any atom is 0.124 e. The lowest BCUT2D eigenvalue weighted by molar-refractivity contribution is 0.0468. The maximum atomic E-state index is 10.7. The van der Waals surface area contributed by atoms with Crippen LogP contribution in [0.25, 0.3) is 0 Å². The highest BCUT2D eigenvalue weighted by molar-refractivity contribution is 5.41. The standard InChI is InChI=1S/C20H32N2O3/c1-24-17-8-9-20(25-2)18(14-17)19(23)15-21-10-12-22(13-11-21)16-6-4-3-5-7-16/h8-9,14,16,19,23H,3-7,10-13,15H2,1-2H3/t19-/m1/s1. The van der Waals surface area contributed by atoms with Crippen LogP contribution in [0.5, 0.6) is 11.5 Å². The monoisotopic (exact) mass is 348 g/mol. The third-order valence-corrected chi connectivity index (χ3v) is 5.72. The molecule has 2 fully saturated rings. The van der Waals surface area contributed by atoms with Gasteiger partial charge in [0, 0.05) is 44.3 Å². The van der Waals surface area contributed by atoms with Crippen LogP contribution < -0.4 is 9.47 Å². The van der Waals surface area contributed by atoms with E-state index in [1.165, 1.54) is 32.1 Å². The molecule has 1 aromatic carbocycles. The molecule has 5 nitrogen and oxygen atoms in total. The Kier molecular flexibility index (Phi) is 6.57. The highest BCUT2D eigenvalue weighted by Crippen LogP contribution is 2.30. The quantitative estimate of drug-likeness (QED) is 0.856. The molecule has 1 N–H and O–H groups in total. The van der Waals surface area contributed by atoms with Gasteiger partial charge in [-0.25, -0.2) is 0 Å². The summed E-state index contributed by atoms with van der Waals surface area (Å²) in [6.07, 6.45) is 6.35. The number of aliphatic hydroxyl groups is 1. The van der Waals surface area contributed by atoms with Crippen molar-refractivity contribution in [2.45, 2.75) is 44.2 Å². The first-order valence-electron chi connectivity index (χ1n) is 9.57. The number of aliphatic hydroxyl groups excluding tert-OH is 1. The zero-order valence-electron chi connectivity index (χ0n) is 15.6. The SMILES string of the molecule is COc1ccc(OC)c([C@H](O)CN2CCN(C3CCCCC3)CC2)c1. The van der Waals surface area contributed by atoms with Crippen molar-refractivity contribution in [2.24, 2.45) is 0 Å². The second-order valence-electron chi connectivity index (χ2n) is 7.25. The van der Waals surface area contributed by atoms with Crippen LogP contribution in [0.3, 0.4) is 0 Å². The fourth-order valence-electron chi connectivity index (χ4n) is 4.20. The van der Waals surface area contributed by atoms with Crippen molar-refractivity contribution >= 4 is 0 Å². The van der Waals surface area contributed by atoms with Crippen LogP contribution in [-0.2, 0) is 0 Å². The summed E-state index contributed by atoms with van der Waals surface area (Å²) in [5.41, 5.74) is 0.802. The van der Waals surface area contributed by atoms with E-state index in [0.717, 1.165) is 43.5 Å². The molecule has 1 aliphatic carbocycles. The minimum Gasteiger partial charge on any atom is -0.497 e. The number of methoxy groups -OCH3 is 2. The van der Waals surface area contributed by atoms with E-state index in [9.17, 15) is 5.11 Å². The molecule has 0 amide bonds. The predicted molar refractivity (Wildman–Crippen MR) is 99.4 cm³/mol. The second-order valence-corrected chi connectivity index (χ2v) is 7.25. The molecule has 3 rings (SSSR count). The summed E-state index contributed by atoms with van der Waals surface area (Å²) in [4.78, 5) is 5.02. The lowest BCUT2D eigenvalue weighted by Gasteiger charge is -2.41. The molecule has 140 valence electrons. The number of piperazine rings is 1. The molecule has 1 heterocycles. The summed E-state index contributed by atoms with van der Waals surface area (Å²) in [5, 5.41) is 10.7. The Labute approximate surface area is 151 Å². The number of rotatable bonds is 6. The van der Waals surface area contributed by atoms with Gasteiger partial charge in [-0.15, -0.1) is 0 Å². The van der Waals surface area contributed by atoms with Gasteiger partial charge in [-0.2, -0.15) is 0 Å². The van der Waals surface area contributed by atoms with Crippen LogP contribution in [0.4, 0.5) is 0 Å². The average Bonchev–Trinajstić information content (AvgIpc) is 2.68. The first kappa shape index (κ1) is 18.5. The fourth-order valence-corrected chi connectivity index (χ4v) is 4.20. The van der Waals surface area contributed by atoms with Gasteiger partial charge in [0.25, 0.3) is 0 Å². The lowest BCUT2D eigenvalue weighted by Crippen LogP contribution is -2.51. The molecule has 0 bridgehead atoms. The molecule has 5 heteroatoms. The molecule has 1 saturated heterocycles. The van der Waals surface area contributed by atoms with Gasteiger partial charge in [0.15, 0.2) is 0 Å². The molecular weight excluding hydrogens is 316 g/mol. The van der Waals surface area contributed by atoms with Gasteiger partial charge in [0.1, 0.15) is 11.5 Å². The Morgan fingerprint density at radius 3 is 2.40 bits per heavy atom. The van der Waals surface area contributed by atoms with E-state index in [1.54, 1.807) is 14.2 Å². The molecule has 25 heavy (non-hydrogen) atoms. The molecule has 1 aromatic rings. The van der Waals surface area contributed by atoms with Crippen molar-refractivity contribution in [2.75, 3.05) is 46.9 Å². The van der Waals surface area contributed by atoms with Crippen LogP contribution in [0, 0.1) is 0 Å². The third-order valence-electron chi connectivity index (χ3n) is 5.72. The summed E-state index contributed by atoms with van der Waals surface area (Å²) < 4.78 is 10.7. The van der Waals surface area contributed by atoms with Crippen molar-refractivity contribution < 1.29 is 14.6 Å². The molecule has 0 spiro atoms. The highest BCUT2D eigenvalue weighted by atomic mass is 16.5. The van der Waals surface area contributed by atoms with E-state index in [4.69, 9.17) is 9.47 Å². The number of nitrogens with zero attached hydrogens (tertiary/aromatic N) is 2. The van der Waals surface area contributed by atoms with Crippen molar-refractivity contribution in [1.29, 1.82) is 0 Å². The maximum absolute atomic E-state index is 10.7. The van der Waals surface area contributed by atoms with Gasteiger partial charge in [0.05, 0.1) is 20.3 Å². The highest BCUT2D eigenvalue weighted by Gasteiger charge is 2.26. The number of ether oxygens (including phenoxy) is 2. The molecule has 2 aliphatic rings. The summed E-state index contributed by atoms with van der Waals surface area (Å²) in [5.74, 6) is 1.46. The van der Waals surface area contributed by atoms with Crippen molar-refractivity contribution in [3.8, 4) is 11.5 Å². The Morgan fingerprint density at radius 2 is 1.76 bits per heavy atom. The van der Waals surface area contributed by atoms with Gasteiger partial charge in [-0.05, 0) is 31.0 Å². The Morgan fingerprint density at radius 1 is 1.04 bits per heavy atom. The minimum atomic E-state index is -0.564. The fraction of sp³-hybridized carbons (Fsp3) is 0.700. The summed E-state index contributed by atoms with van der Waals surface area (Å²) in [6.45, 7) is 4.93. The molecule has 0 aromatic heterocycles. The van der Waals surface area contributed by atoms with Gasteiger partial charge < -0.3 is 14.6 Å². The zero-order chi connectivity index (χ0) is 17.6. The molecule has 0 unspecified atom stereocenters. The van der Waals surface area contributed by atoms with E-state index < -0.39 is 6.10 Å². The van der Waals surface area contributed by atoms with Gasteiger partial charge in [-0.3, -0.25) is 9.80 Å². The molecule has 1 saturated carbocycles. The Balaban J connectivity index is 1.54. The van der Waals surface area contributed by atoms with Crippen molar-refractivity contribution in [3.63, 3.8) is 0 Å². The van der Waals surface area contributed by atoms with E-state index in [0.29, 0.717) is 12.3 Å². The predicted octanol–water partition coefficient (Wildman–Crippen LogP) is 2.69. The van der Waals surface area contributed by atoms with Crippen LogP contribution >= 0.6 is 0 Å². The van der Waals surface area contributed by atoms with Gasteiger partial charge >= 0.3 is 0 Å². The molecule has 1 atom stereocenters. The number of benzene rings is 1. The van der Waals surface area contributed by atoms with E-state index in [-0.39, 0.29) is 0 Å². The zero-order valence-corrected chi connectivity index (χ0v) is 15.6. The summed E-state index contributed by atoms with van der Waals surface area (Å²) >= 11 is 0. The number of β-amino-alcohol motifs (C(OH)–C–C–N with tert-alkyl or cyclic N) is 1. The molecule has 1 aliphatic heterocycles. The van der Waals surface area contributed by atoms with Crippen LogP contribution in [-0.4, -0.2) is 67.9 Å². The van der Waals surface area contributed by atoms with Crippen molar-refractivity contribution in [3.05, 3.63) is 23.8 Å². The van der Waals surface area contributed by atoms with Gasteiger partial charge in [0.2, 0.25) is 0 Å². The molecule has 0 radical (unpaired) electrons.